The Balaban J connectivity index is 1.66. The van der Waals surface area contributed by atoms with Crippen molar-refractivity contribution in [2.75, 3.05) is 12.4 Å². The van der Waals surface area contributed by atoms with Crippen LogP contribution in [0.1, 0.15) is 35.6 Å². The van der Waals surface area contributed by atoms with Crippen LogP contribution in [-0.2, 0) is 12.6 Å². The van der Waals surface area contributed by atoms with Crippen molar-refractivity contribution in [2.45, 2.75) is 31.5 Å². The molecule has 0 bridgehead atoms. The van der Waals surface area contributed by atoms with E-state index in [0.717, 1.165) is 37.1 Å². The Morgan fingerprint density at radius 3 is 2.54 bits per heavy atom. The van der Waals surface area contributed by atoms with Crippen molar-refractivity contribution in [3.8, 4) is 5.75 Å². The Hall–Kier alpha value is -2.28. The molecule has 0 amide bonds. The molecule has 0 radical (unpaired) electrons. The fourth-order valence-electron chi connectivity index (χ4n) is 3.14. The topological polar surface area (TPSA) is 33.3 Å². The molecular weight excluding hydrogens is 361 g/mol. The van der Waals surface area contributed by atoms with Crippen molar-refractivity contribution in [1.82, 2.24) is 5.32 Å². The van der Waals surface area contributed by atoms with E-state index in [2.05, 4.69) is 10.6 Å². The summed E-state index contributed by atoms with van der Waals surface area (Å²) in [6.07, 6.45) is -1.39. The normalized spacial score (nSPS) is 16.5. The van der Waals surface area contributed by atoms with Crippen LogP contribution in [-0.4, -0.2) is 12.2 Å². The fourth-order valence-corrected chi connectivity index (χ4v) is 3.40. The first-order valence-corrected chi connectivity index (χ1v) is 8.69. The zero-order valence-electron chi connectivity index (χ0n) is 14.2. The number of hydrogen-bond donors (Lipinski definition) is 2. The number of alkyl halides is 3. The van der Waals surface area contributed by atoms with E-state index < -0.39 is 11.7 Å². The van der Waals surface area contributed by atoms with E-state index in [1.54, 1.807) is 7.11 Å². The van der Waals surface area contributed by atoms with Gasteiger partial charge in [-0.2, -0.15) is 13.2 Å². The van der Waals surface area contributed by atoms with E-state index in [9.17, 15) is 13.2 Å². The monoisotopic (exact) mass is 380 g/mol. The lowest BCUT2D eigenvalue weighted by molar-refractivity contribution is -0.137. The molecular formula is C19H19F3N2OS. The summed E-state index contributed by atoms with van der Waals surface area (Å²) >= 11 is 5.33. The second-order valence-corrected chi connectivity index (χ2v) is 6.59. The summed E-state index contributed by atoms with van der Waals surface area (Å²) < 4.78 is 43.1. The van der Waals surface area contributed by atoms with E-state index in [1.165, 1.54) is 23.3 Å². The third-order valence-corrected chi connectivity index (χ3v) is 4.66. The summed E-state index contributed by atoms with van der Waals surface area (Å²) in [6, 6.07) is 10.9. The van der Waals surface area contributed by atoms with Crippen LogP contribution >= 0.6 is 12.2 Å². The molecule has 138 valence electrons. The molecule has 1 aliphatic carbocycles. The van der Waals surface area contributed by atoms with Crippen molar-refractivity contribution in [2.24, 2.45) is 0 Å². The molecule has 26 heavy (non-hydrogen) atoms. The average Bonchev–Trinajstić information content (AvgIpc) is 2.61. The maximum Gasteiger partial charge on any atom is 0.416 e. The molecule has 2 N–H and O–H groups in total. The van der Waals surface area contributed by atoms with Crippen molar-refractivity contribution in [3.63, 3.8) is 0 Å². The van der Waals surface area contributed by atoms with Crippen LogP contribution in [0.4, 0.5) is 18.9 Å². The molecule has 3 rings (SSSR count). The predicted molar refractivity (Wildman–Crippen MR) is 99.5 cm³/mol. The molecule has 2 aromatic rings. The summed E-state index contributed by atoms with van der Waals surface area (Å²) in [5.41, 5.74) is 2.23. The highest BCUT2D eigenvalue weighted by Crippen LogP contribution is 2.32. The molecule has 1 unspecified atom stereocenters. The third-order valence-electron chi connectivity index (χ3n) is 4.44. The highest BCUT2D eigenvalue weighted by molar-refractivity contribution is 7.80. The molecule has 1 atom stereocenters. The van der Waals surface area contributed by atoms with E-state index in [-0.39, 0.29) is 6.04 Å². The number of ether oxygens (including phenoxy) is 1. The molecule has 1 aliphatic rings. The molecule has 7 heteroatoms. The Labute approximate surface area is 155 Å². The van der Waals surface area contributed by atoms with Crippen LogP contribution in [0.5, 0.6) is 5.75 Å². The lowest BCUT2D eigenvalue weighted by atomic mass is 9.87. The van der Waals surface area contributed by atoms with Gasteiger partial charge in [0.05, 0.1) is 18.7 Å². The van der Waals surface area contributed by atoms with Crippen molar-refractivity contribution < 1.29 is 17.9 Å². The zero-order valence-corrected chi connectivity index (χ0v) is 15.0. The van der Waals surface area contributed by atoms with E-state index >= 15 is 0 Å². The minimum absolute atomic E-state index is 0.0686. The summed E-state index contributed by atoms with van der Waals surface area (Å²) in [7, 11) is 1.64. The zero-order chi connectivity index (χ0) is 18.7. The number of anilines is 1. The fraction of sp³-hybridized carbons (Fsp3) is 0.316. The quantitative estimate of drug-likeness (QED) is 0.728. The second kappa shape index (κ2) is 7.53. The van der Waals surface area contributed by atoms with Crippen LogP contribution < -0.4 is 15.4 Å². The summed E-state index contributed by atoms with van der Waals surface area (Å²) in [5, 5.41) is 6.60. The minimum Gasteiger partial charge on any atom is -0.497 e. The van der Waals surface area contributed by atoms with Gasteiger partial charge < -0.3 is 15.4 Å². The Morgan fingerprint density at radius 2 is 1.88 bits per heavy atom. The predicted octanol–water partition coefficient (Wildman–Crippen LogP) is 5.08. The van der Waals surface area contributed by atoms with Crippen LogP contribution in [0.2, 0.25) is 0 Å². The molecule has 0 aromatic heterocycles. The van der Waals surface area contributed by atoms with Crippen LogP contribution in [0, 0.1) is 0 Å². The first kappa shape index (κ1) is 18.5. The number of thiocarbonyl (C=S) groups is 1. The molecule has 0 saturated heterocycles. The number of halogens is 3. The Morgan fingerprint density at radius 1 is 1.15 bits per heavy atom. The minimum atomic E-state index is -4.34. The number of fused-ring (bicyclic) bond motifs is 1. The molecule has 0 saturated carbocycles. The standard InChI is InChI=1S/C19H19F3N2OS/c1-25-15-9-10-16-12(11-15)3-2-4-17(16)24-18(26)23-14-7-5-13(6-8-14)19(20,21)22/h5-11,17H,2-4H2,1H3,(H2,23,24,26). The van der Waals surface area contributed by atoms with Crippen LogP contribution in [0.25, 0.3) is 0 Å². The molecule has 0 aliphatic heterocycles. The Bertz CT molecular complexity index is 790. The molecule has 0 spiro atoms. The van der Waals surface area contributed by atoms with Crippen molar-refractivity contribution >= 4 is 23.0 Å². The summed E-state index contributed by atoms with van der Waals surface area (Å²) in [5.74, 6) is 0.829. The van der Waals surface area contributed by atoms with Gasteiger partial charge in [-0.3, -0.25) is 0 Å². The summed E-state index contributed by atoms with van der Waals surface area (Å²) in [6.45, 7) is 0. The molecule has 0 fully saturated rings. The van der Waals surface area contributed by atoms with Gasteiger partial charge in [0.2, 0.25) is 0 Å². The SMILES string of the molecule is COc1ccc2c(c1)CCCC2NC(=S)Nc1ccc(C(F)(F)F)cc1. The smallest absolute Gasteiger partial charge is 0.416 e. The third kappa shape index (κ3) is 4.27. The average molecular weight is 380 g/mol. The maximum absolute atomic E-state index is 12.6. The highest BCUT2D eigenvalue weighted by Gasteiger charge is 2.30. The van der Waals surface area contributed by atoms with Crippen LogP contribution in [0.3, 0.4) is 0 Å². The largest absolute Gasteiger partial charge is 0.497 e. The molecule has 2 aromatic carbocycles. The van der Waals surface area contributed by atoms with E-state index in [0.29, 0.717) is 10.8 Å². The maximum atomic E-state index is 12.6. The second-order valence-electron chi connectivity index (χ2n) is 6.18. The molecule has 3 nitrogen and oxygen atoms in total. The van der Waals surface area contributed by atoms with Gasteiger partial charge in [0.25, 0.3) is 0 Å². The highest BCUT2D eigenvalue weighted by atomic mass is 32.1. The van der Waals surface area contributed by atoms with E-state index in [4.69, 9.17) is 17.0 Å². The number of hydrogen-bond acceptors (Lipinski definition) is 2. The number of rotatable bonds is 3. The van der Waals surface area contributed by atoms with Gasteiger partial charge in [-0.05, 0) is 79.0 Å². The molecule has 0 heterocycles. The van der Waals surface area contributed by atoms with Gasteiger partial charge in [0.15, 0.2) is 5.11 Å². The number of benzene rings is 2. The first-order valence-electron chi connectivity index (χ1n) is 8.28. The van der Waals surface area contributed by atoms with Crippen molar-refractivity contribution in [1.29, 1.82) is 0 Å². The number of aryl methyl sites for hydroxylation is 1. The summed E-state index contributed by atoms with van der Waals surface area (Å²) in [4.78, 5) is 0. The van der Waals surface area contributed by atoms with E-state index in [1.807, 2.05) is 18.2 Å². The Kier molecular flexibility index (Phi) is 5.36. The van der Waals surface area contributed by atoms with Gasteiger partial charge in [0, 0.05) is 5.69 Å². The lowest BCUT2D eigenvalue weighted by Crippen LogP contribution is -2.34. The van der Waals surface area contributed by atoms with Crippen molar-refractivity contribution in [3.05, 3.63) is 59.2 Å². The van der Waals surface area contributed by atoms with Gasteiger partial charge >= 0.3 is 6.18 Å². The lowest BCUT2D eigenvalue weighted by Gasteiger charge is -2.28. The number of nitrogens with one attached hydrogen (secondary N) is 2. The van der Waals surface area contributed by atoms with Gasteiger partial charge in [-0.25, -0.2) is 0 Å². The number of methoxy groups -OCH3 is 1. The first-order chi connectivity index (χ1) is 12.4. The van der Waals surface area contributed by atoms with Gasteiger partial charge in [0.1, 0.15) is 5.75 Å². The van der Waals surface area contributed by atoms with Gasteiger partial charge in [-0.1, -0.05) is 6.07 Å². The van der Waals surface area contributed by atoms with Gasteiger partial charge in [-0.15, -0.1) is 0 Å². The van der Waals surface area contributed by atoms with Crippen LogP contribution in [0.15, 0.2) is 42.5 Å².